The molecule has 0 radical (unpaired) electrons. The molecule has 1 aliphatic rings. The highest BCUT2D eigenvalue weighted by atomic mass is 32.2. The number of terminal acetylenes is 1. The molecule has 1 aliphatic heterocycles. The second-order valence-electron chi connectivity index (χ2n) is 3.81. The predicted octanol–water partition coefficient (Wildman–Crippen LogP) is -0.651. The van der Waals surface area contributed by atoms with Crippen LogP contribution in [0.1, 0.15) is 0 Å². The van der Waals surface area contributed by atoms with Crippen LogP contribution in [0, 0.1) is 12.3 Å². The number of sulfonamides is 1. The highest BCUT2D eigenvalue weighted by Gasteiger charge is 2.28. The molecule has 1 fully saturated rings. The Morgan fingerprint density at radius 1 is 1.41 bits per heavy atom. The number of hydrogen-bond donors (Lipinski definition) is 1. The lowest BCUT2D eigenvalue weighted by molar-refractivity contribution is 0.206. The lowest BCUT2D eigenvalue weighted by Gasteiger charge is -2.32. The molecule has 0 unspecified atom stereocenters. The maximum atomic E-state index is 12.1. The molecule has 0 saturated carbocycles. The molecule has 0 aromatic carbocycles. The molecule has 92 valence electrons. The smallest absolute Gasteiger partial charge is 0.260 e. The summed E-state index contributed by atoms with van der Waals surface area (Å²) in [7, 11) is -3.42. The Morgan fingerprint density at radius 3 is 2.65 bits per heavy atom. The Morgan fingerprint density at radius 2 is 2.12 bits per heavy atom. The van der Waals surface area contributed by atoms with Crippen molar-refractivity contribution in [3.05, 3.63) is 12.3 Å². The third-order valence-corrected chi connectivity index (χ3v) is 4.57. The van der Waals surface area contributed by atoms with E-state index in [2.05, 4.69) is 21.0 Å². The van der Waals surface area contributed by atoms with Crippen LogP contribution in [0.3, 0.4) is 0 Å². The van der Waals surface area contributed by atoms with Crippen LogP contribution in [-0.4, -0.2) is 60.5 Å². The van der Waals surface area contributed by atoms with E-state index in [1.54, 1.807) is 0 Å². The van der Waals surface area contributed by atoms with E-state index in [1.807, 2.05) is 0 Å². The zero-order valence-electron chi connectivity index (χ0n) is 9.33. The number of hydrogen-bond acceptors (Lipinski definition) is 4. The fourth-order valence-corrected chi connectivity index (χ4v) is 3.11. The fourth-order valence-electron chi connectivity index (χ4n) is 1.78. The number of H-pyrrole nitrogens is 1. The fraction of sp³-hybridized carbons (Fsp3) is 0.500. The molecule has 0 atom stereocenters. The van der Waals surface area contributed by atoms with Crippen molar-refractivity contribution in [3.8, 4) is 12.3 Å². The molecule has 0 spiro atoms. The van der Waals surface area contributed by atoms with Crippen molar-refractivity contribution < 1.29 is 8.42 Å². The molecule has 0 bridgehead atoms. The predicted molar refractivity (Wildman–Crippen MR) is 62.6 cm³/mol. The zero-order valence-corrected chi connectivity index (χ0v) is 10.2. The van der Waals surface area contributed by atoms with Gasteiger partial charge in [0.25, 0.3) is 10.0 Å². The van der Waals surface area contributed by atoms with E-state index in [0.717, 1.165) is 0 Å². The molecule has 0 amide bonds. The normalized spacial score (nSPS) is 19.0. The number of nitrogens with one attached hydrogen (secondary N) is 1. The monoisotopic (exact) mass is 254 g/mol. The number of aromatic nitrogens is 2. The Labute approximate surface area is 101 Å². The summed E-state index contributed by atoms with van der Waals surface area (Å²) in [5.74, 6) is 2.56. The van der Waals surface area contributed by atoms with E-state index < -0.39 is 10.0 Å². The summed E-state index contributed by atoms with van der Waals surface area (Å²) in [5.41, 5.74) is 0. The first kappa shape index (κ1) is 12.1. The summed E-state index contributed by atoms with van der Waals surface area (Å²) in [6.07, 6.45) is 6.65. The molecular formula is C10H14N4O2S. The quantitative estimate of drug-likeness (QED) is 0.728. The van der Waals surface area contributed by atoms with Crippen LogP contribution < -0.4 is 0 Å². The molecule has 1 aromatic rings. The molecule has 1 N–H and O–H groups in total. The Balaban J connectivity index is 2.04. The van der Waals surface area contributed by atoms with Crippen LogP contribution in [0.2, 0.25) is 0 Å². The van der Waals surface area contributed by atoms with E-state index in [0.29, 0.717) is 32.7 Å². The second-order valence-corrected chi connectivity index (χ2v) is 5.71. The van der Waals surface area contributed by atoms with Gasteiger partial charge in [-0.2, -0.15) is 9.40 Å². The summed E-state index contributed by atoms with van der Waals surface area (Å²) >= 11 is 0. The van der Waals surface area contributed by atoms with E-state index in [1.165, 1.54) is 16.6 Å². The Bertz CT molecular complexity index is 495. The standard InChI is InChI=1S/C10H14N4O2S/c1-2-5-13-6-8-14(9-7-13)17(15,16)10-3-4-11-12-10/h1,3-4H,5-9H2,(H,11,12). The molecule has 6 nitrogen and oxygen atoms in total. The van der Waals surface area contributed by atoms with E-state index >= 15 is 0 Å². The van der Waals surface area contributed by atoms with E-state index in [4.69, 9.17) is 6.42 Å². The first-order chi connectivity index (χ1) is 8.14. The van der Waals surface area contributed by atoms with Gasteiger partial charge in [0.2, 0.25) is 0 Å². The number of nitrogens with zero attached hydrogens (tertiary/aromatic N) is 3. The average molecular weight is 254 g/mol. The van der Waals surface area contributed by atoms with Gasteiger partial charge in [0.1, 0.15) is 0 Å². The third-order valence-electron chi connectivity index (χ3n) is 2.74. The molecule has 17 heavy (non-hydrogen) atoms. The largest absolute Gasteiger partial charge is 0.290 e. The number of aromatic amines is 1. The van der Waals surface area contributed by atoms with Crippen molar-refractivity contribution in [2.45, 2.75) is 5.03 Å². The van der Waals surface area contributed by atoms with Gasteiger partial charge in [-0.25, -0.2) is 8.42 Å². The van der Waals surface area contributed by atoms with Crippen molar-refractivity contribution >= 4 is 10.0 Å². The first-order valence-corrected chi connectivity index (χ1v) is 6.74. The zero-order chi connectivity index (χ0) is 12.3. The summed E-state index contributed by atoms with van der Waals surface area (Å²) in [4.78, 5) is 2.05. The Kier molecular flexibility index (Phi) is 3.47. The molecule has 2 heterocycles. The van der Waals surface area contributed by atoms with Crippen LogP contribution in [0.15, 0.2) is 17.3 Å². The van der Waals surface area contributed by atoms with Crippen molar-refractivity contribution in [3.63, 3.8) is 0 Å². The first-order valence-electron chi connectivity index (χ1n) is 5.30. The second kappa shape index (κ2) is 4.87. The minimum Gasteiger partial charge on any atom is -0.290 e. The van der Waals surface area contributed by atoms with Gasteiger partial charge in [0, 0.05) is 26.2 Å². The maximum absolute atomic E-state index is 12.1. The van der Waals surface area contributed by atoms with Crippen LogP contribution in [0.5, 0.6) is 0 Å². The highest BCUT2D eigenvalue weighted by Crippen LogP contribution is 2.14. The van der Waals surface area contributed by atoms with Crippen molar-refractivity contribution in [2.75, 3.05) is 32.7 Å². The molecule has 0 aliphatic carbocycles. The average Bonchev–Trinajstić information content (AvgIpc) is 2.84. The summed E-state index contributed by atoms with van der Waals surface area (Å²) < 4.78 is 25.7. The van der Waals surface area contributed by atoms with Crippen molar-refractivity contribution in [1.29, 1.82) is 0 Å². The molecule has 7 heteroatoms. The molecular weight excluding hydrogens is 240 g/mol. The molecule has 2 rings (SSSR count). The Hall–Kier alpha value is -1.36. The molecule has 1 saturated heterocycles. The van der Waals surface area contributed by atoms with Crippen LogP contribution in [-0.2, 0) is 10.0 Å². The SMILES string of the molecule is C#CCN1CCN(S(=O)(=O)c2ccn[nH]2)CC1. The minimum absolute atomic E-state index is 0.142. The minimum atomic E-state index is -3.42. The van der Waals surface area contributed by atoms with Crippen molar-refractivity contribution in [2.24, 2.45) is 0 Å². The van der Waals surface area contributed by atoms with Gasteiger partial charge in [-0.05, 0) is 6.07 Å². The van der Waals surface area contributed by atoms with Gasteiger partial charge in [-0.15, -0.1) is 6.42 Å². The third kappa shape index (κ3) is 2.49. The van der Waals surface area contributed by atoms with Crippen LogP contribution in [0.25, 0.3) is 0 Å². The molecule has 1 aromatic heterocycles. The maximum Gasteiger partial charge on any atom is 0.260 e. The van der Waals surface area contributed by atoms with Gasteiger partial charge < -0.3 is 0 Å². The highest BCUT2D eigenvalue weighted by molar-refractivity contribution is 7.89. The topological polar surface area (TPSA) is 69.3 Å². The lowest BCUT2D eigenvalue weighted by atomic mass is 10.4. The van der Waals surface area contributed by atoms with Gasteiger partial charge in [0.15, 0.2) is 5.03 Å². The van der Waals surface area contributed by atoms with Crippen LogP contribution in [0.4, 0.5) is 0 Å². The van der Waals surface area contributed by atoms with Gasteiger partial charge in [0.05, 0.1) is 12.7 Å². The summed E-state index contributed by atoms with van der Waals surface area (Å²) in [6, 6.07) is 1.46. The van der Waals surface area contributed by atoms with Gasteiger partial charge in [-0.3, -0.25) is 10.00 Å². The summed E-state index contributed by atoms with van der Waals surface area (Å²) in [6.45, 7) is 2.82. The summed E-state index contributed by atoms with van der Waals surface area (Å²) in [5, 5.41) is 6.29. The van der Waals surface area contributed by atoms with E-state index in [-0.39, 0.29) is 5.03 Å². The number of piperazine rings is 1. The number of rotatable bonds is 3. The van der Waals surface area contributed by atoms with Gasteiger partial charge >= 0.3 is 0 Å². The van der Waals surface area contributed by atoms with E-state index in [9.17, 15) is 8.42 Å². The van der Waals surface area contributed by atoms with Crippen LogP contribution >= 0.6 is 0 Å². The van der Waals surface area contributed by atoms with Crippen molar-refractivity contribution in [1.82, 2.24) is 19.4 Å². The van der Waals surface area contributed by atoms with Gasteiger partial charge in [-0.1, -0.05) is 5.92 Å². The lowest BCUT2D eigenvalue weighted by Crippen LogP contribution is -2.48.